The van der Waals surface area contributed by atoms with Crippen molar-refractivity contribution in [1.82, 2.24) is 4.90 Å². The molecule has 0 bridgehead atoms. The zero-order chi connectivity index (χ0) is 16.2. The predicted molar refractivity (Wildman–Crippen MR) is 88.3 cm³/mol. The normalized spacial score (nSPS) is 29.0. The van der Waals surface area contributed by atoms with Crippen LogP contribution in [0, 0.1) is 0 Å². The van der Waals surface area contributed by atoms with Gasteiger partial charge in [-0.3, -0.25) is 9.69 Å². The highest BCUT2D eigenvalue weighted by Crippen LogP contribution is 2.59. The molecule has 1 spiro atoms. The van der Waals surface area contributed by atoms with Gasteiger partial charge >= 0.3 is 0 Å². The number of benzene rings is 1. The number of ether oxygens (including phenoxy) is 2. The molecule has 4 heteroatoms. The van der Waals surface area contributed by atoms with Crippen molar-refractivity contribution in [2.45, 2.75) is 37.1 Å². The molecule has 0 saturated heterocycles. The van der Waals surface area contributed by atoms with E-state index in [2.05, 4.69) is 24.1 Å². The van der Waals surface area contributed by atoms with Gasteiger partial charge in [0.15, 0.2) is 17.3 Å². The largest absolute Gasteiger partial charge is 0.493 e. The third-order valence-corrected chi connectivity index (χ3v) is 5.86. The van der Waals surface area contributed by atoms with Crippen molar-refractivity contribution in [3.8, 4) is 11.5 Å². The molecule has 0 N–H and O–H groups in total. The Kier molecular flexibility index (Phi) is 3.27. The lowest BCUT2D eigenvalue weighted by molar-refractivity contribution is -0.115. The first-order valence-corrected chi connectivity index (χ1v) is 8.30. The molecule has 1 aromatic carbocycles. The van der Waals surface area contributed by atoms with Gasteiger partial charge < -0.3 is 9.47 Å². The van der Waals surface area contributed by atoms with Gasteiger partial charge in [-0.1, -0.05) is 6.08 Å². The number of rotatable bonds is 2. The topological polar surface area (TPSA) is 38.8 Å². The van der Waals surface area contributed by atoms with E-state index in [0.29, 0.717) is 12.5 Å². The van der Waals surface area contributed by atoms with E-state index in [1.54, 1.807) is 20.3 Å². The number of carbonyl (C=O) groups excluding carboxylic acids is 1. The minimum absolute atomic E-state index is 0.0961. The molecule has 0 fully saturated rings. The maximum absolute atomic E-state index is 11.7. The van der Waals surface area contributed by atoms with Crippen LogP contribution in [0.3, 0.4) is 0 Å². The highest BCUT2D eigenvalue weighted by molar-refractivity contribution is 5.91. The minimum Gasteiger partial charge on any atom is -0.493 e. The number of ketones is 1. The molecule has 0 unspecified atom stereocenters. The van der Waals surface area contributed by atoms with Crippen LogP contribution in [0.2, 0.25) is 0 Å². The lowest BCUT2D eigenvalue weighted by Gasteiger charge is -2.32. The van der Waals surface area contributed by atoms with Crippen molar-refractivity contribution in [3.05, 3.63) is 34.9 Å². The Balaban J connectivity index is 2.00. The lowest BCUT2D eigenvalue weighted by Crippen LogP contribution is -2.31. The Hall–Kier alpha value is -1.81. The van der Waals surface area contributed by atoms with Crippen LogP contribution in [0.25, 0.3) is 0 Å². The van der Waals surface area contributed by atoms with E-state index < -0.39 is 0 Å². The Bertz CT molecular complexity index is 709. The summed E-state index contributed by atoms with van der Waals surface area (Å²) in [5, 5.41) is 0. The second kappa shape index (κ2) is 5.10. The van der Waals surface area contributed by atoms with Crippen molar-refractivity contribution >= 4 is 5.78 Å². The molecule has 0 saturated carbocycles. The van der Waals surface area contributed by atoms with Crippen molar-refractivity contribution in [3.63, 3.8) is 0 Å². The summed E-state index contributed by atoms with van der Waals surface area (Å²) < 4.78 is 11.4. The number of allylic oxidation sites excluding steroid dienone is 2. The van der Waals surface area contributed by atoms with Gasteiger partial charge in [0.2, 0.25) is 0 Å². The molecule has 3 aliphatic rings. The Labute approximate surface area is 137 Å². The van der Waals surface area contributed by atoms with E-state index in [1.165, 1.54) is 16.7 Å². The van der Waals surface area contributed by atoms with Crippen molar-refractivity contribution in [1.29, 1.82) is 0 Å². The number of hydrogen-bond donors (Lipinski definition) is 0. The van der Waals surface area contributed by atoms with Crippen LogP contribution in [-0.2, 0) is 16.6 Å². The maximum Gasteiger partial charge on any atom is 0.165 e. The minimum atomic E-state index is -0.0961. The van der Waals surface area contributed by atoms with Crippen LogP contribution >= 0.6 is 0 Å². The molecule has 1 aromatic rings. The molecule has 4 nitrogen and oxygen atoms in total. The second-order valence-corrected chi connectivity index (χ2v) is 6.97. The van der Waals surface area contributed by atoms with Gasteiger partial charge in [-0.25, -0.2) is 0 Å². The summed E-state index contributed by atoms with van der Waals surface area (Å²) >= 11 is 0. The van der Waals surface area contributed by atoms with Gasteiger partial charge in [0, 0.05) is 30.0 Å². The third kappa shape index (κ3) is 1.97. The van der Waals surface area contributed by atoms with Crippen LogP contribution in [0.5, 0.6) is 11.5 Å². The van der Waals surface area contributed by atoms with Gasteiger partial charge in [0.05, 0.1) is 14.2 Å². The van der Waals surface area contributed by atoms with Crippen LogP contribution in [0.1, 0.15) is 42.0 Å². The molecular formula is C19H23NO3. The predicted octanol–water partition coefficient (Wildman–Crippen LogP) is 2.79. The summed E-state index contributed by atoms with van der Waals surface area (Å²) in [6, 6.07) is 2.56. The molecule has 2 aliphatic carbocycles. The van der Waals surface area contributed by atoms with Crippen molar-refractivity contribution < 1.29 is 14.3 Å². The molecule has 2 atom stereocenters. The van der Waals surface area contributed by atoms with Gasteiger partial charge in [0.1, 0.15) is 0 Å². The number of hydrogen-bond acceptors (Lipinski definition) is 4. The van der Waals surface area contributed by atoms with Crippen LogP contribution in [0.4, 0.5) is 0 Å². The SMILES string of the molecule is COc1cc2c3c(c1OC)[C@]1(C=CC(=O)CC1)C[C@H]3N(C)CC2. The molecule has 0 amide bonds. The van der Waals surface area contributed by atoms with Crippen LogP contribution in [-0.4, -0.2) is 38.5 Å². The average Bonchev–Trinajstić information content (AvgIpc) is 2.90. The zero-order valence-electron chi connectivity index (χ0n) is 14.0. The summed E-state index contributed by atoms with van der Waals surface area (Å²) in [6.07, 6.45) is 7.44. The summed E-state index contributed by atoms with van der Waals surface area (Å²) in [5.74, 6) is 1.89. The van der Waals surface area contributed by atoms with E-state index in [9.17, 15) is 4.79 Å². The van der Waals surface area contributed by atoms with Gasteiger partial charge in [-0.15, -0.1) is 0 Å². The monoisotopic (exact) mass is 313 g/mol. The van der Waals surface area contributed by atoms with Crippen molar-refractivity contribution in [2.75, 3.05) is 27.8 Å². The van der Waals surface area contributed by atoms with Gasteiger partial charge in [-0.2, -0.15) is 0 Å². The lowest BCUT2D eigenvalue weighted by atomic mass is 9.73. The smallest absolute Gasteiger partial charge is 0.165 e. The summed E-state index contributed by atoms with van der Waals surface area (Å²) in [6.45, 7) is 1.06. The molecule has 0 aromatic heterocycles. The Morgan fingerprint density at radius 2 is 2.09 bits per heavy atom. The number of methoxy groups -OCH3 is 2. The van der Waals surface area contributed by atoms with Crippen LogP contribution < -0.4 is 9.47 Å². The third-order valence-electron chi connectivity index (χ3n) is 5.86. The standard InChI is InChI=1S/C19H23NO3/c1-20-9-6-12-10-15(22-2)18(23-3)17-16(12)14(20)11-19(17)7-4-13(21)5-8-19/h4,7,10,14H,5-6,8-9,11H2,1-3H3/t14-,19+/m1/s1. The fourth-order valence-corrected chi connectivity index (χ4v) is 4.67. The Morgan fingerprint density at radius 3 is 2.74 bits per heavy atom. The van der Waals surface area contributed by atoms with E-state index in [-0.39, 0.29) is 11.2 Å². The molecule has 1 heterocycles. The first kappa shape index (κ1) is 14.8. The first-order chi connectivity index (χ1) is 11.1. The number of nitrogens with zero attached hydrogens (tertiary/aromatic N) is 1. The molecule has 122 valence electrons. The molecule has 4 rings (SSSR count). The number of likely N-dealkylation sites (N-methyl/N-ethyl adjacent to an activating group) is 1. The number of fused-ring (bicyclic) bond motifs is 1. The van der Waals surface area contributed by atoms with Crippen molar-refractivity contribution in [2.24, 2.45) is 0 Å². The molecule has 1 aliphatic heterocycles. The quantitative estimate of drug-likeness (QED) is 0.841. The van der Waals surface area contributed by atoms with E-state index >= 15 is 0 Å². The Morgan fingerprint density at radius 1 is 1.26 bits per heavy atom. The van der Waals surface area contributed by atoms with Gasteiger partial charge in [0.25, 0.3) is 0 Å². The average molecular weight is 313 g/mol. The van der Waals surface area contributed by atoms with E-state index in [0.717, 1.165) is 37.3 Å². The fourth-order valence-electron chi connectivity index (χ4n) is 4.67. The van der Waals surface area contributed by atoms with Gasteiger partial charge in [-0.05, 0) is 49.6 Å². The second-order valence-electron chi connectivity index (χ2n) is 6.97. The fraction of sp³-hybridized carbons (Fsp3) is 0.526. The van der Waals surface area contributed by atoms with E-state index in [4.69, 9.17) is 9.47 Å². The molecular weight excluding hydrogens is 290 g/mol. The van der Waals surface area contributed by atoms with Crippen LogP contribution in [0.15, 0.2) is 18.2 Å². The zero-order valence-corrected chi connectivity index (χ0v) is 14.0. The highest BCUT2D eigenvalue weighted by atomic mass is 16.5. The maximum atomic E-state index is 11.7. The molecule has 0 radical (unpaired) electrons. The summed E-state index contributed by atoms with van der Waals surface area (Å²) in [4.78, 5) is 14.2. The highest BCUT2D eigenvalue weighted by Gasteiger charge is 2.49. The summed E-state index contributed by atoms with van der Waals surface area (Å²) in [7, 11) is 5.61. The molecule has 23 heavy (non-hydrogen) atoms. The summed E-state index contributed by atoms with van der Waals surface area (Å²) in [5.41, 5.74) is 3.95. The first-order valence-electron chi connectivity index (χ1n) is 8.30. The number of carbonyl (C=O) groups is 1. The van der Waals surface area contributed by atoms with E-state index in [1.807, 2.05) is 0 Å².